The van der Waals surface area contributed by atoms with Gasteiger partial charge >= 0.3 is 0 Å². The van der Waals surface area contributed by atoms with E-state index in [4.69, 9.17) is 9.15 Å². The van der Waals surface area contributed by atoms with E-state index in [0.29, 0.717) is 6.04 Å². The van der Waals surface area contributed by atoms with Crippen LogP contribution in [0.5, 0.6) is 0 Å². The normalized spacial score (nSPS) is 22.4. The van der Waals surface area contributed by atoms with Crippen LogP contribution in [-0.2, 0) is 11.3 Å². The summed E-state index contributed by atoms with van der Waals surface area (Å²) in [5.41, 5.74) is 0. The van der Waals surface area contributed by atoms with Crippen molar-refractivity contribution in [2.24, 2.45) is 0 Å². The average molecular weight is 196 g/mol. The number of hydrogen-bond acceptors (Lipinski definition) is 4. The fraction of sp³-hybridized carbons (Fsp3) is 0.600. The molecule has 0 saturated carbocycles. The Morgan fingerprint density at radius 3 is 3.29 bits per heavy atom. The van der Waals surface area contributed by atoms with Crippen molar-refractivity contribution >= 4 is 0 Å². The second-order valence-electron chi connectivity index (χ2n) is 3.44. The van der Waals surface area contributed by atoms with Gasteiger partial charge in [-0.15, -0.1) is 0 Å². The highest BCUT2D eigenvalue weighted by atomic mass is 16.5. The molecule has 2 rings (SSSR count). The van der Waals surface area contributed by atoms with E-state index < -0.39 is 0 Å². The maximum Gasteiger partial charge on any atom is 0.117 e. The Balaban J connectivity index is 1.62. The maximum atomic E-state index is 5.34. The Morgan fingerprint density at radius 1 is 1.57 bits per heavy atom. The van der Waals surface area contributed by atoms with Crippen molar-refractivity contribution in [1.29, 1.82) is 0 Å². The lowest BCUT2D eigenvalue weighted by Crippen LogP contribution is -2.47. The molecule has 1 unspecified atom stereocenters. The smallest absolute Gasteiger partial charge is 0.117 e. The van der Waals surface area contributed by atoms with Gasteiger partial charge in [-0.25, -0.2) is 0 Å². The van der Waals surface area contributed by atoms with Crippen LogP contribution in [0.1, 0.15) is 5.76 Å². The van der Waals surface area contributed by atoms with Crippen molar-refractivity contribution in [3.05, 3.63) is 24.2 Å². The van der Waals surface area contributed by atoms with Crippen molar-refractivity contribution in [2.45, 2.75) is 12.6 Å². The SMILES string of the molecule is c1coc(CNCC2COCCN2)c1. The van der Waals surface area contributed by atoms with Crippen LogP contribution in [0.25, 0.3) is 0 Å². The van der Waals surface area contributed by atoms with E-state index in [0.717, 1.165) is 38.6 Å². The van der Waals surface area contributed by atoms with Crippen LogP contribution in [0.15, 0.2) is 22.8 Å². The lowest BCUT2D eigenvalue weighted by Gasteiger charge is -2.23. The molecule has 0 amide bonds. The fourth-order valence-electron chi connectivity index (χ4n) is 1.53. The molecule has 0 radical (unpaired) electrons. The molecule has 78 valence electrons. The molecule has 1 fully saturated rings. The van der Waals surface area contributed by atoms with Gasteiger partial charge in [-0.3, -0.25) is 0 Å². The van der Waals surface area contributed by atoms with E-state index in [9.17, 15) is 0 Å². The second kappa shape index (κ2) is 5.14. The Labute approximate surface area is 83.6 Å². The summed E-state index contributed by atoms with van der Waals surface area (Å²) in [4.78, 5) is 0. The van der Waals surface area contributed by atoms with Gasteiger partial charge in [0, 0.05) is 19.1 Å². The Bertz CT molecular complexity index is 243. The van der Waals surface area contributed by atoms with Gasteiger partial charge < -0.3 is 19.8 Å². The van der Waals surface area contributed by atoms with Crippen LogP contribution >= 0.6 is 0 Å². The van der Waals surface area contributed by atoms with Gasteiger partial charge in [-0.1, -0.05) is 0 Å². The number of morpholine rings is 1. The molecule has 1 atom stereocenters. The molecule has 14 heavy (non-hydrogen) atoms. The van der Waals surface area contributed by atoms with Gasteiger partial charge in [0.1, 0.15) is 5.76 Å². The van der Waals surface area contributed by atoms with Gasteiger partial charge in [0.05, 0.1) is 26.0 Å². The third-order valence-electron chi connectivity index (χ3n) is 2.27. The van der Waals surface area contributed by atoms with E-state index in [1.54, 1.807) is 6.26 Å². The standard InChI is InChI=1S/C10H16N2O2/c1-2-10(14-4-1)7-11-6-9-8-13-5-3-12-9/h1-2,4,9,11-12H,3,5-8H2. The highest BCUT2D eigenvalue weighted by Gasteiger charge is 2.11. The predicted molar refractivity (Wildman–Crippen MR) is 53.0 cm³/mol. The average Bonchev–Trinajstić information content (AvgIpc) is 2.72. The first-order chi connectivity index (χ1) is 6.95. The van der Waals surface area contributed by atoms with E-state index in [-0.39, 0.29) is 0 Å². The molecule has 0 aromatic carbocycles. The van der Waals surface area contributed by atoms with Gasteiger partial charge in [-0.2, -0.15) is 0 Å². The quantitative estimate of drug-likeness (QED) is 0.730. The van der Waals surface area contributed by atoms with E-state index in [1.165, 1.54) is 0 Å². The number of furan rings is 1. The van der Waals surface area contributed by atoms with E-state index in [2.05, 4.69) is 10.6 Å². The van der Waals surface area contributed by atoms with Crippen molar-refractivity contribution in [2.75, 3.05) is 26.3 Å². The van der Waals surface area contributed by atoms with Crippen molar-refractivity contribution in [3.63, 3.8) is 0 Å². The minimum absolute atomic E-state index is 0.429. The monoisotopic (exact) mass is 196 g/mol. The van der Waals surface area contributed by atoms with Crippen molar-refractivity contribution in [1.82, 2.24) is 10.6 Å². The summed E-state index contributed by atoms with van der Waals surface area (Å²) in [5, 5.41) is 6.70. The Morgan fingerprint density at radius 2 is 2.57 bits per heavy atom. The molecule has 0 bridgehead atoms. The van der Waals surface area contributed by atoms with Crippen molar-refractivity contribution < 1.29 is 9.15 Å². The fourth-order valence-corrected chi connectivity index (χ4v) is 1.53. The number of ether oxygens (including phenoxy) is 1. The lowest BCUT2D eigenvalue weighted by atomic mass is 10.3. The third kappa shape index (κ3) is 2.83. The van der Waals surface area contributed by atoms with Crippen LogP contribution in [-0.4, -0.2) is 32.3 Å². The summed E-state index contributed by atoms with van der Waals surface area (Å²) in [5.74, 6) is 0.974. The molecule has 1 aliphatic rings. The molecule has 0 spiro atoms. The summed E-state index contributed by atoms with van der Waals surface area (Å²) in [7, 11) is 0. The molecule has 1 aromatic heterocycles. The first kappa shape index (κ1) is 9.71. The second-order valence-corrected chi connectivity index (χ2v) is 3.44. The summed E-state index contributed by atoms with van der Waals surface area (Å²) >= 11 is 0. The topological polar surface area (TPSA) is 46.4 Å². The largest absolute Gasteiger partial charge is 0.468 e. The Kier molecular flexibility index (Phi) is 3.57. The van der Waals surface area contributed by atoms with Gasteiger partial charge in [-0.05, 0) is 12.1 Å². The molecular formula is C10H16N2O2. The van der Waals surface area contributed by atoms with Crippen LogP contribution in [0.4, 0.5) is 0 Å². The van der Waals surface area contributed by atoms with Gasteiger partial charge in [0.25, 0.3) is 0 Å². The maximum absolute atomic E-state index is 5.34. The molecule has 4 nitrogen and oxygen atoms in total. The zero-order valence-electron chi connectivity index (χ0n) is 8.16. The zero-order valence-corrected chi connectivity index (χ0v) is 8.16. The molecule has 1 aliphatic heterocycles. The Hall–Kier alpha value is -0.840. The lowest BCUT2D eigenvalue weighted by molar-refractivity contribution is 0.0765. The summed E-state index contributed by atoms with van der Waals surface area (Å²) in [6.45, 7) is 4.28. The van der Waals surface area contributed by atoms with Crippen LogP contribution < -0.4 is 10.6 Å². The van der Waals surface area contributed by atoms with E-state index in [1.807, 2.05) is 12.1 Å². The van der Waals surface area contributed by atoms with E-state index >= 15 is 0 Å². The van der Waals surface area contributed by atoms with Crippen LogP contribution in [0.3, 0.4) is 0 Å². The zero-order chi connectivity index (χ0) is 9.64. The number of nitrogens with one attached hydrogen (secondary N) is 2. The predicted octanol–water partition coefficient (Wildman–Crippen LogP) is 0.358. The van der Waals surface area contributed by atoms with Crippen molar-refractivity contribution in [3.8, 4) is 0 Å². The first-order valence-electron chi connectivity index (χ1n) is 4.99. The molecule has 1 aromatic rings. The first-order valence-corrected chi connectivity index (χ1v) is 4.99. The number of hydrogen-bond donors (Lipinski definition) is 2. The molecule has 0 aliphatic carbocycles. The molecule has 2 N–H and O–H groups in total. The minimum atomic E-state index is 0.429. The van der Waals surface area contributed by atoms with Crippen LogP contribution in [0, 0.1) is 0 Å². The van der Waals surface area contributed by atoms with Gasteiger partial charge in [0.2, 0.25) is 0 Å². The summed E-state index contributed by atoms with van der Waals surface area (Å²) < 4.78 is 10.6. The van der Waals surface area contributed by atoms with Gasteiger partial charge in [0.15, 0.2) is 0 Å². The summed E-state index contributed by atoms with van der Waals surface area (Å²) in [6.07, 6.45) is 1.69. The molecule has 2 heterocycles. The summed E-state index contributed by atoms with van der Waals surface area (Å²) in [6, 6.07) is 4.30. The minimum Gasteiger partial charge on any atom is -0.468 e. The molecular weight excluding hydrogens is 180 g/mol. The molecule has 1 saturated heterocycles. The van der Waals surface area contributed by atoms with Crippen LogP contribution in [0.2, 0.25) is 0 Å². The molecule has 4 heteroatoms. The third-order valence-corrected chi connectivity index (χ3v) is 2.27. The number of rotatable bonds is 4. The highest BCUT2D eigenvalue weighted by Crippen LogP contribution is 1.99. The highest BCUT2D eigenvalue weighted by molar-refractivity contribution is 4.97.